The zero-order valence-electron chi connectivity index (χ0n) is 7.23. The highest BCUT2D eigenvalue weighted by Gasteiger charge is 2.22. The lowest BCUT2D eigenvalue weighted by atomic mass is 10.1. The Bertz CT molecular complexity index is 281. The minimum atomic E-state index is -0.0786. The summed E-state index contributed by atoms with van der Waals surface area (Å²) < 4.78 is 9.89. The highest BCUT2D eigenvalue weighted by molar-refractivity contribution is 5.71. The van der Waals surface area contributed by atoms with Gasteiger partial charge in [0.2, 0.25) is 0 Å². The number of carbonyl (C=O) groups is 1. The molecule has 4 heteroatoms. The fraction of sp³-hybridized carbons (Fsp3) is 0.556. The van der Waals surface area contributed by atoms with E-state index in [0.717, 1.165) is 25.0 Å². The summed E-state index contributed by atoms with van der Waals surface area (Å²) in [6.07, 6.45) is 6.18. The third-order valence-electron chi connectivity index (χ3n) is 2.17. The molecule has 0 aliphatic carbocycles. The zero-order chi connectivity index (χ0) is 9.10. The SMILES string of the molecule is O=C1CC[C@H](CCc2cocn2)O1. The van der Waals surface area contributed by atoms with Crippen LogP contribution in [0, 0.1) is 0 Å². The van der Waals surface area contributed by atoms with Gasteiger partial charge in [-0.3, -0.25) is 4.79 Å². The molecule has 1 aromatic rings. The van der Waals surface area contributed by atoms with E-state index < -0.39 is 0 Å². The molecule has 2 rings (SSSR count). The molecule has 0 unspecified atom stereocenters. The highest BCUT2D eigenvalue weighted by Crippen LogP contribution is 2.18. The van der Waals surface area contributed by atoms with E-state index in [4.69, 9.17) is 9.15 Å². The highest BCUT2D eigenvalue weighted by atomic mass is 16.5. The maximum Gasteiger partial charge on any atom is 0.306 e. The van der Waals surface area contributed by atoms with Crippen molar-refractivity contribution in [2.75, 3.05) is 0 Å². The summed E-state index contributed by atoms with van der Waals surface area (Å²) in [5.74, 6) is -0.0786. The van der Waals surface area contributed by atoms with Gasteiger partial charge in [0.25, 0.3) is 0 Å². The number of carbonyl (C=O) groups excluding carboxylic acids is 1. The van der Waals surface area contributed by atoms with Crippen LogP contribution in [0.3, 0.4) is 0 Å². The molecule has 0 radical (unpaired) electrons. The molecule has 0 bridgehead atoms. The summed E-state index contributed by atoms with van der Waals surface area (Å²) in [6, 6.07) is 0. The molecule has 13 heavy (non-hydrogen) atoms. The smallest absolute Gasteiger partial charge is 0.306 e. The Morgan fingerprint density at radius 2 is 2.54 bits per heavy atom. The number of cyclic esters (lactones) is 1. The summed E-state index contributed by atoms with van der Waals surface area (Å²) in [4.78, 5) is 14.7. The third-order valence-corrected chi connectivity index (χ3v) is 2.17. The predicted octanol–water partition coefficient (Wildman–Crippen LogP) is 1.31. The monoisotopic (exact) mass is 181 g/mol. The first-order valence-corrected chi connectivity index (χ1v) is 4.41. The molecule has 0 N–H and O–H groups in total. The number of esters is 1. The van der Waals surface area contributed by atoms with Gasteiger partial charge in [0.15, 0.2) is 6.39 Å². The lowest BCUT2D eigenvalue weighted by molar-refractivity contribution is -0.141. The van der Waals surface area contributed by atoms with Crippen molar-refractivity contribution < 1.29 is 13.9 Å². The Kier molecular flexibility index (Phi) is 2.29. The first-order chi connectivity index (χ1) is 6.34. The first kappa shape index (κ1) is 8.29. The zero-order valence-corrected chi connectivity index (χ0v) is 7.23. The van der Waals surface area contributed by atoms with E-state index in [1.54, 1.807) is 6.26 Å². The third kappa shape index (κ3) is 2.08. The van der Waals surface area contributed by atoms with Gasteiger partial charge in [0, 0.05) is 6.42 Å². The number of oxazole rings is 1. The van der Waals surface area contributed by atoms with E-state index in [2.05, 4.69) is 4.98 Å². The summed E-state index contributed by atoms with van der Waals surface area (Å²) in [5, 5.41) is 0. The molecule has 0 saturated carbocycles. The molecule has 0 amide bonds. The van der Waals surface area contributed by atoms with Gasteiger partial charge in [-0.25, -0.2) is 4.98 Å². The molecule has 1 fully saturated rings. The topological polar surface area (TPSA) is 52.3 Å². The van der Waals surface area contributed by atoms with Crippen LogP contribution in [0.5, 0.6) is 0 Å². The van der Waals surface area contributed by atoms with Crippen LogP contribution in [0.15, 0.2) is 17.1 Å². The molecule has 2 heterocycles. The number of ether oxygens (including phenoxy) is 1. The van der Waals surface area contributed by atoms with Gasteiger partial charge in [0.05, 0.1) is 5.69 Å². The van der Waals surface area contributed by atoms with E-state index in [1.165, 1.54) is 6.39 Å². The Morgan fingerprint density at radius 3 is 3.15 bits per heavy atom. The van der Waals surface area contributed by atoms with Crippen molar-refractivity contribution in [3.8, 4) is 0 Å². The fourth-order valence-corrected chi connectivity index (χ4v) is 1.46. The average Bonchev–Trinajstić information content (AvgIpc) is 2.71. The second-order valence-corrected chi connectivity index (χ2v) is 3.17. The lowest BCUT2D eigenvalue weighted by Crippen LogP contribution is -2.07. The van der Waals surface area contributed by atoms with Crippen LogP contribution in [0.4, 0.5) is 0 Å². The van der Waals surface area contributed by atoms with Gasteiger partial charge in [-0.05, 0) is 19.3 Å². The van der Waals surface area contributed by atoms with Gasteiger partial charge in [-0.2, -0.15) is 0 Å². The van der Waals surface area contributed by atoms with Crippen LogP contribution in [0.25, 0.3) is 0 Å². The number of hydrogen-bond acceptors (Lipinski definition) is 4. The van der Waals surface area contributed by atoms with E-state index in [0.29, 0.717) is 6.42 Å². The van der Waals surface area contributed by atoms with Gasteiger partial charge in [0.1, 0.15) is 12.4 Å². The van der Waals surface area contributed by atoms with Gasteiger partial charge < -0.3 is 9.15 Å². The van der Waals surface area contributed by atoms with Crippen LogP contribution < -0.4 is 0 Å². The van der Waals surface area contributed by atoms with Crippen molar-refractivity contribution in [3.63, 3.8) is 0 Å². The molecule has 1 atom stereocenters. The molecule has 0 spiro atoms. The molecule has 0 aromatic carbocycles. The average molecular weight is 181 g/mol. The van der Waals surface area contributed by atoms with Crippen molar-refractivity contribution in [1.82, 2.24) is 4.98 Å². The van der Waals surface area contributed by atoms with Crippen molar-refractivity contribution >= 4 is 5.97 Å². The maximum atomic E-state index is 10.8. The van der Waals surface area contributed by atoms with Crippen molar-refractivity contribution in [1.29, 1.82) is 0 Å². The van der Waals surface area contributed by atoms with Crippen molar-refractivity contribution in [3.05, 3.63) is 18.4 Å². The maximum absolute atomic E-state index is 10.8. The molecule has 1 saturated heterocycles. The lowest BCUT2D eigenvalue weighted by Gasteiger charge is -2.06. The van der Waals surface area contributed by atoms with Crippen molar-refractivity contribution in [2.24, 2.45) is 0 Å². The van der Waals surface area contributed by atoms with Crippen LogP contribution in [-0.2, 0) is 16.0 Å². The number of hydrogen-bond donors (Lipinski definition) is 0. The molecular weight excluding hydrogens is 170 g/mol. The molecule has 1 aliphatic heterocycles. The normalized spacial score (nSPS) is 21.8. The summed E-state index contributed by atoms with van der Waals surface area (Å²) >= 11 is 0. The quantitative estimate of drug-likeness (QED) is 0.660. The number of nitrogens with zero attached hydrogens (tertiary/aromatic N) is 1. The molecule has 70 valence electrons. The molecule has 1 aliphatic rings. The Morgan fingerprint density at radius 1 is 1.62 bits per heavy atom. The molecular formula is C9H11NO3. The van der Waals surface area contributed by atoms with Crippen LogP contribution in [-0.4, -0.2) is 17.1 Å². The standard InChI is InChI=1S/C9H11NO3/c11-9-4-3-8(13-9)2-1-7-5-12-6-10-7/h5-6,8H,1-4H2/t8-/m0/s1. The molecule has 1 aromatic heterocycles. The summed E-state index contributed by atoms with van der Waals surface area (Å²) in [5.41, 5.74) is 0.919. The van der Waals surface area contributed by atoms with E-state index in [-0.39, 0.29) is 12.1 Å². The van der Waals surface area contributed by atoms with Gasteiger partial charge >= 0.3 is 5.97 Å². The second-order valence-electron chi connectivity index (χ2n) is 3.17. The van der Waals surface area contributed by atoms with Crippen LogP contribution in [0.1, 0.15) is 25.0 Å². The van der Waals surface area contributed by atoms with Crippen LogP contribution in [0.2, 0.25) is 0 Å². The van der Waals surface area contributed by atoms with Crippen LogP contribution >= 0.6 is 0 Å². The minimum Gasteiger partial charge on any atom is -0.462 e. The van der Waals surface area contributed by atoms with Gasteiger partial charge in [-0.1, -0.05) is 0 Å². The fourth-order valence-electron chi connectivity index (χ4n) is 1.46. The van der Waals surface area contributed by atoms with E-state index >= 15 is 0 Å². The Balaban J connectivity index is 1.77. The van der Waals surface area contributed by atoms with Gasteiger partial charge in [-0.15, -0.1) is 0 Å². The number of rotatable bonds is 3. The Hall–Kier alpha value is -1.32. The minimum absolute atomic E-state index is 0.0786. The van der Waals surface area contributed by atoms with Crippen molar-refractivity contribution in [2.45, 2.75) is 31.8 Å². The predicted molar refractivity (Wildman–Crippen MR) is 43.9 cm³/mol. The number of aryl methyl sites for hydroxylation is 1. The first-order valence-electron chi connectivity index (χ1n) is 4.41. The van der Waals surface area contributed by atoms with E-state index in [9.17, 15) is 4.79 Å². The number of aromatic nitrogens is 1. The van der Waals surface area contributed by atoms with E-state index in [1.807, 2.05) is 0 Å². The summed E-state index contributed by atoms with van der Waals surface area (Å²) in [7, 11) is 0. The second kappa shape index (κ2) is 3.60. The molecule has 4 nitrogen and oxygen atoms in total. The largest absolute Gasteiger partial charge is 0.462 e. The Labute approximate surface area is 75.9 Å². The summed E-state index contributed by atoms with van der Waals surface area (Å²) in [6.45, 7) is 0.